The van der Waals surface area contributed by atoms with Gasteiger partial charge in [-0.1, -0.05) is 43.3 Å². The van der Waals surface area contributed by atoms with Gasteiger partial charge >= 0.3 is 0 Å². The molecular weight excluding hydrogens is 274 g/mol. The van der Waals surface area contributed by atoms with Crippen molar-refractivity contribution in [2.45, 2.75) is 26.3 Å². The molecule has 1 N–H and O–H groups in total. The monoisotopic (exact) mass is 299 g/mol. The molecule has 3 heteroatoms. The lowest BCUT2D eigenvalue weighted by atomic mass is 10.0. The Morgan fingerprint density at radius 3 is 2.50 bits per heavy atom. The molecule has 0 saturated carbocycles. The zero-order valence-electron chi connectivity index (χ0n) is 13.6. The van der Waals surface area contributed by atoms with E-state index in [0.717, 1.165) is 24.6 Å². The maximum absolute atomic E-state index is 5.61. The van der Waals surface area contributed by atoms with Gasteiger partial charge in [0.25, 0.3) is 0 Å². The van der Waals surface area contributed by atoms with Gasteiger partial charge in [0.05, 0.1) is 13.7 Å². The van der Waals surface area contributed by atoms with Crippen LogP contribution in [-0.4, -0.2) is 20.3 Å². The zero-order chi connectivity index (χ0) is 15.8. The molecule has 118 valence electrons. The van der Waals surface area contributed by atoms with E-state index >= 15 is 0 Å². The Kier molecular flexibility index (Phi) is 6.28. The molecule has 22 heavy (non-hydrogen) atoms. The number of rotatable bonds is 8. The van der Waals surface area contributed by atoms with E-state index in [0.29, 0.717) is 12.5 Å². The Hall–Kier alpha value is -2.00. The summed E-state index contributed by atoms with van der Waals surface area (Å²) in [5.74, 6) is 2.08. The summed E-state index contributed by atoms with van der Waals surface area (Å²) < 4.78 is 10.9. The second kappa shape index (κ2) is 8.44. The van der Waals surface area contributed by atoms with Crippen LogP contribution in [0.15, 0.2) is 48.5 Å². The minimum atomic E-state index is 0.491. The standard InChI is InChI=1S/C19H25NO2/c1-4-22-19-12-16(10-11-18(19)21-3)14-20-13-15(2)17-8-6-5-7-9-17/h5-12,15,20H,4,13-14H2,1-3H3/t15-/m1/s1. The van der Waals surface area contributed by atoms with Gasteiger partial charge in [0.2, 0.25) is 0 Å². The molecule has 1 atom stereocenters. The lowest BCUT2D eigenvalue weighted by Gasteiger charge is -2.14. The van der Waals surface area contributed by atoms with Gasteiger partial charge in [0, 0.05) is 13.1 Å². The molecule has 0 saturated heterocycles. The molecule has 0 bridgehead atoms. The summed E-state index contributed by atoms with van der Waals surface area (Å²) in [6, 6.07) is 16.6. The van der Waals surface area contributed by atoms with Crippen molar-refractivity contribution in [2.75, 3.05) is 20.3 Å². The molecule has 3 nitrogen and oxygen atoms in total. The van der Waals surface area contributed by atoms with Crippen LogP contribution >= 0.6 is 0 Å². The summed E-state index contributed by atoms with van der Waals surface area (Å²) in [7, 11) is 1.66. The Bertz CT molecular complexity index is 569. The van der Waals surface area contributed by atoms with E-state index in [-0.39, 0.29) is 0 Å². The van der Waals surface area contributed by atoms with Crippen LogP contribution < -0.4 is 14.8 Å². The molecule has 0 heterocycles. The van der Waals surface area contributed by atoms with Crippen molar-refractivity contribution in [3.8, 4) is 11.5 Å². The molecule has 0 radical (unpaired) electrons. The van der Waals surface area contributed by atoms with Crippen molar-refractivity contribution < 1.29 is 9.47 Å². The third kappa shape index (κ3) is 4.50. The van der Waals surface area contributed by atoms with E-state index in [1.165, 1.54) is 11.1 Å². The quantitative estimate of drug-likeness (QED) is 0.799. The van der Waals surface area contributed by atoms with Gasteiger partial charge < -0.3 is 14.8 Å². The summed E-state index contributed by atoms with van der Waals surface area (Å²) in [5, 5.41) is 3.51. The summed E-state index contributed by atoms with van der Waals surface area (Å²) in [4.78, 5) is 0. The van der Waals surface area contributed by atoms with E-state index in [9.17, 15) is 0 Å². The third-order valence-corrected chi connectivity index (χ3v) is 3.68. The van der Waals surface area contributed by atoms with Gasteiger partial charge in [-0.15, -0.1) is 0 Å². The fraction of sp³-hybridized carbons (Fsp3) is 0.368. The number of hydrogen-bond acceptors (Lipinski definition) is 3. The van der Waals surface area contributed by atoms with Crippen molar-refractivity contribution in [3.63, 3.8) is 0 Å². The molecule has 0 spiro atoms. The van der Waals surface area contributed by atoms with Crippen LogP contribution in [0.25, 0.3) is 0 Å². The predicted molar refractivity (Wildman–Crippen MR) is 90.7 cm³/mol. The summed E-state index contributed by atoms with van der Waals surface area (Å²) in [6.07, 6.45) is 0. The number of ether oxygens (including phenoxy) is 2. The molecule has 2 aromatic carbocycles. The summed E-state index contributed by atoms with van der Waals surface area (Å²) in [6.45, 7) is 6.62. The highest BCUT2D eigenvalue weighted by Gasteiger charge is 2.07. The number of hydrogen-bond donors (Lipinski definition) is 1. The first-order valence-corrected chi connectivity index (χ1v) is 7.80. The maximum Gasteiger partial charge on any atom is 0.161 e. The maximum atomic E-state index is 5.61. The molecule has 0 unspecified atom stereocenters. The molecule has 0 fully saturated rings. The van der Waals surface area contributed by atoms with Crippen molar-refractivity contribution >= 4 is 0 Å². The minimum absolute atomic E-state index is 0.491. The van der Waals surface area contributed by atoms with Gasteiger partial charge in [-0.2, -0.15) is 0 Å². The summed E-state index contributed by atoms with van der Waals surface area (Å²) in [5.41, 5.74) is 2.56. The zero-order valence-corrected chi connectivity index (χ0v) is 13.6. The fourth-order valence-corrected chi connectivity index (χ4v) is 2.43. The normalized spacial score (nSPS) is 12.0. The van der Waals surface area contributed by atoms with Crippen LogP contribution in [0, 0.1) is 0 Å². The van der Waals surface area contributed by atoms with Crippen molar-refractivity contribution in [1.29, 1.82) is 0 Å². The third-order valence-electron chi connectivity index (χ3n) is 3.68. The van der Waals surface area contributed by atoms with E-state index in [2.05, 4.69) is 48.6 Å². The van der Waals surface area contributed by atoms with E-state index in [1.807, 2.05) is 19.1 Å². The van der Waals surface area contributed by atoms with E-state index < -0.39 is 0 Å². The van der Waals surface area contributed by atoms with Crippen LogP contribution in [0.2, 0.25) is 0 Å². The van der Waals surface area contributed by atoms with Crippen LogP contribution in [0.5, 0.6) is 11.5 Å². The molecular formula is C19H25NO2. The number of methoxy groups -OCH3 is 1. The minimum Gasteiger partial charge on any atom is -0.493 e. The van der Waals surface area contributed by atoms with Gasteiger partial charge in [-0.25, -0.2) is 0 Å². The average molecular weight is 299 g/mol. The Morgan fingerprint density at radius 2 is 1.82 bits per heavy atom. The van der Waals surface area contributed by atoms with Crippen molar-refractivity contribution in [1.82, 2.24) is 5.32 Å². The van der Waals surface area contributed by atoms with Gasteiger partial charge in [-0.3, -0.25) is 0 Å². The predicted octanol–water partition coefficient (Wildman–Crippen LogP) is 3.99. The molecule has 0 aliphatic heterocycles. The molecule has 2 aromatic rings. The first kappa shape index (κ1) is 16.4. The van der Waals surface area contributed by atoms with E-state index in [1.54, 1.807) is 7.11 Å². The first-order chi connectivity index (χ1) is 10.7. The Morgan fingerprint density at radius 1 is 1.05 bits per heavy atom. The van der Waals surface area contributed by atoms with Gasteiger partial charge in [0.1, 0.15) is 0 Å². The number of nitrogens with one attached hydrogen (secondary N) is 1. The second-order valence-corrected chi connectivity index (χ2v) is 5.36. The molecule has 0 aliphatic rings. The molecule has 0 aromatic heterocycles. The highest BCUT2D eigenvalue weighted by molar-refractivity contribution is 5.42. The van der Waals surface area contributed by atoms with Crippen molar-refractivity contribution in [2.24, 2.45) is 0 Å². The van der Waals surface area contributed by atoms with Crippen LogP contribution in [0.3, 0.4) is 0 Å². The van der Waals surface area contributed by atoms with Crippen LogP contribution in [-0.2, 0) is 6.54 Å². The number of benzene rings is 2. The topological polar surface area (TPSA) is 30.5 Å². The van der Waals surface area contributed by atoms with Gasteiger partial charge in [-0.05, 0) is 36.1 Å². The molecule has 0 aliphatic carbocycles. The van der Waals surface area contributed by atoms with Gasteiger partial charge in [0.15, 0.2) is 11.5 Å². The summed E-state index contributed by atoms with van der Waals surface area (Å²) >= 11 is 0. The Balaban J connectivity index is 1.90. The molecule has 0 amide bonds. The highest BCUT2D eigenvalue weighted by atomic mass is 16.5. The SMILES string of the molecule is CCOc1cc(CNC[C@@H](C)c2ccccc2)ccc1OC. The smallest absolute Gasteiger partial charge is 0.161 e. The highest BCUT2D eigenvalue weighted by Crippen LogP contribution is 2.28. The average Bonchev–Trinajstić information content (AvgIpc) is 2.56. The van der Waals surface area contributed by atoms with Crippen LogP contribution in [0.1, 0.15) is 30.9 Å². The van der Waals surface area contributed by atoms with E-state index in [4.69, 9.17) is 9.47 Å². The lowest BCUT2D eigenvalue weighted by Crippen LogP contribution is -2.19. The fourth-order valence-electron chi connectivity index (χ4n) is 2.43. The largest absolute Gasteiger partial charge is 0.493 e. The lowest BCUT2D eigenvalue weighted by molar-refractivity contribution is 0.310. The van der Waals surface area contributed by atoms with Crippen molar-refractivity contribution in [3.05, 3.63) is 59.7 Å². The first-order valence-electron chi connectivity index (χ1n) is 7.80. The Labute approximate surface area is 133 Å². The molecule has 2 rings (SSSR count). The second-order valence-electron chi connectivity index (χ2n) is 5.36. The van der Waals surface area contributed by atoms with Crippen LogP contribution in [0.4, 0.5) is 0 Å².